The molecule has 0 amide bonds. The third-order valence-electron chi connectivity index (χ3n) is 4.62. The van der Waals surface area contributed by atoms with Gasteiger partial charge < -0.3 is 15.4 Å². The summed E-state index contributed by atoms with van der Waals surface area (Å²) in [6.45, 7) is 4.10. The van der Waals surface area contributed by atoms with Crippen molar-refractivity contribution in [3.63, 3.8) is 0 Å². The van der Waals surface area contributed by atoms with Crippen LogP contribution < -0.4 is 15.4 Å². The van der Waals surface area contributed by atoms with Gasteiger partial charge in [0.15, 0.2) is 0 Å². The van der Waals surface area contributed by atoms with E-state index in [2.05, 4.69) is 10.00 Å². The van der Waals surface area contributed by atoms with Gasteiger partial charge in [-0.1, -0.05) is 0 Å². The average Bonchev–Trinajstić information content (AvgIpc) is 2.80. The summed E-state index contributed by atoms with van der Waals surface area (Å²) in [5, 5.41) is 4.37. The fourth-order valence-electron chi connectivity index (χ4n) is 3.23. The largest absolute Gasteiger partial charge is 0.495 e. The number of methoxy groups -OCH3 is 1. The molecule has 2 N–H and O–H groups in total. The van der Waals surface area contributed by atoms with Crippen molar-refractivity contribution in [2.45, 2.75) is 25.8 Å². The maximum absolute atomic E-state index is 13.7. The first-order chi connectivity index (χ1) is 10.9. The lowest BCUT2D eigenvalue weighted by atomic mass is 9.99. The number of nitrogens with two attached hydrogens (primary N) is 1. The van der Waals surface area contributed by atoms with Gasteiger partial charge in [-0.05, 0) is 19.9 Å². The first kappa shape index (κ1) is 15.6. The number of alkyl halides is 1. The fourth-order valence-corrected chi connectivity index (χ4v) is 3.23. The summed E-state index contributed by atoms with van der Waals surface area (Å²) >= 11 is 0. The van der Waals surface area contributed by atoms with Crippen LogP contribution in [0.15, 0.2) is 18.3 Å². The van der Waals surface area contributed by atoms with Crippen LogP contribution in [0.2, 0.25) is 0 Å². The number of nitrogens with zero attached hydrogens (tertiary/aromatic N) is 3. The lowest BCUT2D eigenvalue weighted by Gasteiger charge is -2.39. The zero-order chi connectivity index (χ0) is 16.8. The SMILES string of the molecule is COc1cc2c(cc1N)-c1cnn(C)c1CCN2C(C)(C)CF. The van der Waals surface area contributed by atoms with E-state index in [0.29, 0.717) is 18.0 Å². The Hall–Kier alpha value is -2.24. The first-order valence-corrected chi connectivity index (χ1v) is 7.71. The summed E-state index contributed by atoms with van der Waals surface area (Å²) in [6.07, 6.45) is 2.65. The number of aryl methyl sites for hydroxylation is 1. The summed E-state index contributed by atoms with van der Waals surface area (Å²) in [4.78, 5) is 2.10. The van der Waals surface area contributed by atoms with Gasteiger partial charge in [0.1, 0.15) is 12.4 Å². The molecular formula is C17H23FN4O. The average molecular weight is 318 g/mol. The molecule has 1 aliphatic heterocycles. The molecule has 124 valence electrons. The molecule has 0 aliphatic carbocycles. The van der Waals surface area contributed by atoms with Crippen molar-refractivity contribution in [3.8, 4) is 16.9 Å². The topological polar surface area (TPSA) is 56.3 Å². The summed E-state index contributed by atoms with van der Waals surface area (Å²) in [6, 6.07) is 3.81. The maximum Gasteiger partial charge on any atom is 0.143 e. The van der Waals surface area contributed by atoms with Crippen molar-refractivity contribution in [1.29, 1.82) is 0 Å². The van der Waals surface area contributed by atoms with Crippen LogP contribution in [0.1, 0.15) is 19.5 Å². The minimum atomic E-state index is -0.606. The molecule has 0 unspecified atom stereocenters. The highest BCUT2D eigenvalue weighted by Gasteiger charge is 2.33. The Morgan fingerprint density at radius 2 is 2.09 bits per heavy atom. The van der Waals surface area contributed by atoms with Crippen LogP contribution in [0.5, 0.6) is 5.75 Å². The highest BCUT2D eigenvalue weighted by molar-refractivity contribution is 5.86. The summed E-state index contributed by atoms with van der Waals surface area (Å²) < 4.78 is 20.9. The van der Waals surface area contributed by atoms with Gasteiger partial charge in [-0.2, -0.15) is 5.10 Å². The number of aromatic nitrogens is 2. The molecule has 2 heterocycles. The van der Waals surface area contributed by atoms with Crippen molar-refractivity contribution in [3.05, 3.63) is 24.0 Å². The predicted octanol–water partition coefficient (Wildman–Crippen LogP) is 2.79. The fraction of sp³-hybridized carbons (Fsp3) is 0.471. The lowest BCUT2D eigenvalue weighted by Crippen LogP contribution is -2.47. The number of hydrogen-bond donors (Lipinski definition) is 1. The highest BCUT2D eigenvalue weighted by Crippen LogP contribution is 2.43. The second-order valence-corrected chi connectivity index (χ2v) is 6.59. The second kappa shape index (κ2) is 5.44. The third-order valence-corrected chi connectivity index (χ3v) is 4.62. The molecule has 23 heavy (non-hydrogen) atoms. The Balaban J connectivity index is 2.27. The van der Waals surface area contributed by atoms with E-state index in [4.69, 9.17) is 10.5 Å². The molecule has 1 aromatic carbocycles. The molecule has 0 bridgehead atoms. The molecule has 5 nitrogen and oxygen atoms in total. The molecule has 0 spiro atoms. The van der Waals surface area contributed by atoms with Crippen molar-refractivity contribution in [2.24, 2.45) is 7.05 Å². The van der Waals surface area contributed by atoms with E-state index in [9.17, 15) is 4.39 Å². The molecular weight excluding hydrogens is 295 g/mol. The lowest BCUT2D eigenvalue weighted by molar-refractivity contribution is 0.329. The minimum absolute atomic E-state index is 0.437. The molecule has 0 atom stereocenters. The Morgan fingerprint density at radius 3 is 2.74 bits per heavy atom. The van der Waals surface area contributed by atoms with Crippen molar-refractivity contribution in [2.75, 3.05) is 31.0 Å². The van der Waals surface area contributed by atoms with Crippen LogP contribution in [0.25, 0.3) is 11.1 Å². The van der Waals surface area contributed by atoms with Gasteiger partial charge in [-0.25, -0.2) is 4.39 Å². The number of benzene rings is 1. The third kappa shape index (κ3) is 2.42. The van der Waals surface area contributed by atoms with Crippen LogP contribution in [0.4, 0.5) is 15.8 Å². The zero-order valence-corrected chi connectivity index (χ0v) is 14.1. The van der Waals surface area contributed by atoms with E-state index in [-0.39, 0.29) is 0 Å². The summed E-state index contributed by atoms with van der Waals surface area (Å²) in [7, 11) is 3.52. The molecule has 1 aliphatic rings. The minimum Gasteiger partial charge on any atom is -0.495 e. The van der Waals surface area contributed by atoms with Gasteiger partial charge in [0.25, 0.3) is 0 Å². The molecule has 2 aromatic rings. The number of nitrogen functional groups attached to an aromatic ring is 1. The van der Waals surface area contributed by atoms with Gasteiger partial charge in [0.2, 0.25) is 0 Å². The highest BCUT2D eigenvalue weighted by atomic mass is 19.1. The first-order valence-electron chi connectivity index (χ1n) is 7.71. The molecule has 3 rings (SSSR count). The number of anilines is 2. The van der Waals surface area contributed by atoms with E-state index in [0.717, 1.165) is 28.9 Å². The van der Waals surface area contributed by atoms with Crippen LogP contribution in [0.3, 0.4) is 0 Å². The number of hydrogen-bond acceptors (Lipinski definition) is 4. The van der Waals surface area contributed by atoms with Crippen LogP contribution in [-0.2, 0) is 13.5 Å². The standard InChI is InChI=1S/C17H23FN4O/c1-17(2,10-18)22-6-5-14-12(9-20-21(14)3)11-7-13(19)16(23-4)8-15(11)22/h7-9H,5-6,10,19H2,1-4H3. The van der Waals surface area contributed by atoms with Crippen molar-refractivity contribution < 1.29 is 9.13 Å². The zero-order valence-electron chi connectivity index (χ0n) is 14.1. The Kier molecular flexibility index (Phi) is 3.70. The van der Waals surface area contributed by atoms with E-state index in [1.165, 1.54) is 0 Å². The quantitative estimate of drug-likeness (QED) is 0.884. The molecule has 0 radical (unpaired) electrons. The Morgan fingerprint density at radius 1 is 1.35 bits per heavy atom. The van der Waals surface area contributed by atoms with E-state index in [1.807, 2.05) is 43.9 Å². The second-order valence-electron chi connectivity index (χ2n) is 6.59. The molecule has 0 saturated carbocycles. The van der Waals surface area contributed by atoms with E-state index < -0.39 is 12.2 Å². The number of fused-ring (bicyclic) bond motifs is 3. The smallest absolute Gasteiger partial charge is 0.143 e. The number of ether oxygens (including phenoxy) is 1. The normalized spacial score (nSPS) is 14.2. The van der Waals surface area contributed by atoms with Gasteiger partial charge in [0.05, 0.1) is 24.5 Å². The number of rotatable bonds is 3. The molecule has 0 saturated heterocycles. The van der Waals surface area contributed by atoms with Crippen LogP contribution in [-0.4, -0.2) is 35.6 Å². The number of halogens is 1. The summed E-state index contributed by atoms with van der Waals surface area (Å²) in [5.74, 6) is 0.607. The molecule has 6 heteroatoms. The van der Waals surface area contributed by atoms with Gasteiger partial charge in [-0.15, -0.1) is 0 Å². The van der Waals surface area contributed by atoms with E-state index in [1.54, 1.807) is 7.11 Å². The van der Waals surface area contributed by atoms with Crippen LogP contribution >= 0.6 is 0 Å². The Bertz CT molecular complexity index is 738. The summed E-state index contributed by atoms with van der Waals surface area (Å²) in [5.41, 5.74) is 10.2. The van der Waals surface area contributed by atoms with Gasteiger partial charge in [0, 0.05) is 48.6 Å². The predicted molar refractivity (Wildman–Crippen MR) is 90.7 cm³/mol. The van der Waals surface area contributed by atoms with Crippen molar-refractivity contribution >= 4 is 11.4 Å². The van der Waals surface area contributed by atoms with Crippen molar-refractivity contribution in [1.82, 2.24) is 9.78 Å². The van der Waals surface area contributed by atoms with Crippen LogP contribution in [0, 0.1) is 0 Å². The monoisotopic (exact) mass is 318 g/mol. The molecule has 1 aromatic heterocycles. The maximum atomic E-state index is 13.7. The van der Waals surface area contributed by atoms with Gasteiger partial charge in [-0.3, -0.25) is 4.68 Å². The van der Waals surface area contributed by atoms with Gasteiger partial charge >= 0.3 is 0 Å². The Labute approximate surface area is 135 Å². The molecule has 0 fully saturated rings. The van der Waals surface area contributed by atoms with E-state index >= 15 is 0 Å².